The van der Waals surface area contributed by atoms with Crippen molar-refractivity contribution in [2.45, 2.75) is 6.92 Å². The van der Waals surface area contributed by atoms with Gasteiger partial charge in [0, 0.05) is 5.56 Å². The lowest BCUT2D eigenvalue weighted by Crippen LogP contribution is -2.17. The summed E-state index contributed by atoms with van der Waals surface area (Å²) in [5.41, 5.74) is 1.47. The van der Waals surface area contributed by atoms with E-state index in [4.69, 9.17) is 21.2 Å². The van der Waals surface area contributed by atoms with Gasteiger partial charge in [-0.3, -0.25) is 14.8 Å². The molecule has 7 nitrogen and oxygen atoms in total. The Morgan fingerprint density at radius 1 is 1.07 bits per heavy atom. The monoisotopic (exact) mass is 404 g/mol. The molecule has 0 aliphatic rings. The number of carbonyl (C=O) groups is 1. The van der Waals surface area contributed by atoms with E-state index in [2.05, 4.69) is 20.3 Å². The Labute approximate surface area is 162 Å². The summed E-state index contributed by atoms with van der Waals surface area (Å²) in [6, 6.07) is 5.47. The first-order valence-electron chi connectivity index (χ1n) is 7.55. The molecule has 3 rings (SSSR count). The quantitative estimate of drug-likeness (QED) is 0.717. The van der Waals surface area contributed by atoms with Gasteiger partial charge in [0.15, 0.2) is 17.5 Å². The molecule has 0 atom stereocenters. The summed E-state index contributed by atoms with van der Waals surface area (Å²) >= 11 is 6.14. The maximum Gasteiger partial charge on any atom is 0.373 e. The molecule has 0 radical (unpaired) electrons. The number of benzene rings is 1. The van der Waals surface area contributed by atoms with Crippen LogP contribution in [0.5, 0.6) is 0 Å². The SMILES string of the molecule is Cc1ccc(Cl)c(-c2cnc(NC(=O)c3c(F)cncc3F)cn2)c1.O=C=O. The molecular weight excluding hydrogens is 394 g/mol. The second-order valence-electron chi connectivity index (χ2n) is 5.29. The lowest BCUT2D eigenvalue weighted by molar-refractivity contribution is -0.191. The molecule has 0 aliphatic carbocycles. The Bertz CT molecular complexity index is 1020. The number of carbonyl (C=O) groups excluding carboxylic acids is 3. The largest absolute Gasteiger partial charge is 0.373 e. The van der Waals surface area contributed by atoms with Crippen molar-refractivity contribution in [2.75, 3.05) is 5.32 Å². The third-order valence-electron chi connectivity index (χ3n) is 3.37. The average Bonchev–Trinajstić information content (AvgIpc) is 2.65. The van der Waals surface area contributed by atoms with Gasteiger partial charge in [-0.25, -0.2) is 13.8 Å². The van der Waals surface area contributed by atoms with E-state index in [-0.39, 0.29) is 12.0 Å². The molecule has 1 N–H and O–H groups in total. The van der Waals surface area contributed by atoms with Gasteiger partial charge in [-0.2, -0.15) is 9.59 Å². The lowest BCUT2D eigenvalue weighted by Gasteiger charge is -2.08. The zero-order valence-corrected chi connectivity index (χ0v) is 15.0. The number of anilines is 1. The standard InChI is InChI=1S/C17H11ClF2N4O.CO2/c1-9-2-3-11(18)10(4-9)14-7-23-15(8-22-14)24-17(25)16-12(19)5-21-6-13(16)20;2-1-3/h2-8H,1H3,(H,23,24,25);. The van der Waals surface area contributed by atoms with Crippen LogP contribution >= 0.6 is 11.6 Å². The number of aromatic nitrogens is 3. The van der Waals surface area contributed by atoms with Gasteiger partial charge >= 0.3 is 6.15 Å². The number of aryl methyl sites for hydroxylation is 1. The van der Waals surface area contributed by atoms with Crippen LogP contribution in [0.2, 0.25) is 5.02 Å². The maximum absolute atomic E-state index is 13.6. The highest BCUT2D eigenvalue weighted by atomic mass is 35.5. The van der Waals surface area contributed by atoms with Gasteiger partial charge in [0.1, 0.15) is 5.56 Å². The third-order valence-corrected chi connectivity index (χ3v) is 3.70. The first-order chi connectivity index (χ1) is 13.4. The number of hydrogen-bond acceptors (Lipinski definition) is 6. The second kappa shape index (κ2) is 9.40. The molecule has 0 saturated carbocycles. The minimum Gasteiger partial charge on any atom is -0.305 e. The molecule has 0 saturated heterocycles. The van der Waals surface area contributed by atoms with Crippen LogP contribution in [0.15, 0.2) is 43.0 Å². The molecule has 142 valence electrons. The predicted molar refractivity (Wildman–Crippen MR) is 94.3 cm³/mol. The van der Waals surface area contributed by atoms with Gasteiger partial charge in [-0.15, -0.1) is 0 Å². The second-order valence-corrected chi connectivity index (χ2v) is 5.69. The molecule has 3 aromatic rings. The Morgan fingerprint density at radius 3 is 2.29 bits per heavy atom. The number of rotatable bonds is 3. The van der Waals surface area contributed by atoms with Crippen LogP contribution in [0.1, 0.15) is 15.9 Å². The van der Waals surface area contributed by atoms with Crippen LogP contribution in [0.3, 0.4) is 0 Å². The number of halogens is 3. The van der Waals surface area contributed by atoms with E-state index in [9.17, 15) is 13.6 Å². The number of nitrogens with one attached hydrogen (secondary N) is 1. The van der Waals surface area contributed by atoms with Gasteiger partial charge in [0.2, 0.25) is 0 Å². The molecule has 1 aromatic carbocycles. The fourth-order valence-corrected chi connectivity index (χ4v) is 2.39. The van der Waals surface area contributed by atoms with Crippen molar-refractivity contribution in [3.8, 4) is 11.3 Å². The van der Waals surface area contributed by atoms with Gasteiger partial charge < -0.3 is 5.32 Å². The van der Waals surface area contributed by atoms with Crippen molar-refractivity contribution in [2.24, 2.45) is 0 Å². The number of pyridine rings is 1. The van der Waals surface area contributed by atoms with E-state index in [1.807, 2.05) is 19.1 Å². The van der Waals surface area contributed by atoms with E-state index < -0.39 is 23.1 Å². The first-order valence-corrected chi connectivity index (χ1v) is 7.93. The molecule has 0 aliphatic heterocycles. The smallest absolute Gasteiger partial charge is 0.305 e. The van der Waals surface area contributed by atoms with Gasteiger partial charge in [-0.1, -0.05) is 23.2 Å². The minimum atomic E-state index is -1.06. The summed E-state index contributed by atoms with van der Waals surface area (Å²) in [6.07, 6.45) is 4.46. The summed E-state index contributed by atoms with van der Waals surface area (Å²) in [7, 11) is 0. The summed E-state index contributed by atoms with van der Waals surface area (Å²) < 4.78 is 27.1. The van der Waals surface area contributed by atoms with Gasteiger partial charge in [-0.05, 0) is 19.1 Å². The van der Waals surface area contributed by atoms with Crippen molar-refractivity contribution in [1.82, 2.24) is 15.0 Å². The van der Waals surface area contributed by atoms with Crippen molar-refractivity contribution in [3.63, 3.8) is 0 Å². The zero-order chi connectivity index (χ0) is 20.7. The van der Waals surface area contributed by atoms with Gasteiger partial charge in [0.05, 0.1) is 35.5 Å². The van der Waals surface area contributed by atoms with Crippen molar-refractivity contribution in [1.29, 1.82) is 0 Å². The lowest BCUT2D eigenvalue weighted by atomic mass is 10.1. The Kier molecular flexibility index (Phi) is 6.97. The van der Waals surface area contributed by atoms with Gasteiger partial charge in [0.25, 0.3) is 5.91 Å². The normalized spacial score (nSPS) is 9.71. The van der Waals surface area contributed by atoms with E-state index in [0.717, 1.165) is 18.0 Å². The Hall–Kier alpha value is -3.55. The van der Waals surface area contributed by atoms with Crippen LogP contribution in [0.4, 0.5) is 14.6 Å². The summed E-state index contributed by atoms with van der Waals surface area (Å²) in [5.74, 6) is -3.05. The van der Waals surface area contributed by atoms with Crippen LogP contribution in [-0.2, 0) is 9.59 Å². The van der Waals surface area contributed by atoms with Crippen LogP contribution in [-0.4, -0.2) is 27.0 Å². The molecule has 0 bridgehead atoms. The first kappa shape index (κ1) is 20.8. The van der Waals surface area contributed by atoms with Crippen LogP contribution in [0.25, 0.3) is 11.3 Å². The van der Waals surface area contributed by atoms with E-state index in [1.165, 1.54) is 12.4 Å². The zero-order valence-electron chi connectivity index (χ0n) is 14.2. The molecule has 0 unspecified atom stereocenters. The van der Waals surface area contributed by atoms with Crippen molar-refractivity contribution < 1.29 is 23.2 Å². The predicted octanol–water partition coefficient (Wildman–Crippen LogP) is 3.45. The van der Waals surface area contributed by atoms with Crippen molar-refractivity contribution in [3.05, 3.63) is 70.8 Å². The molecule has 1 amide bonds. The fraction of sp³-hybridized carbons (Fsp3) is 0.0556. The average molecular weight is 405 g/mol. The highest BCUT2D eigenvalue weighted by molar-refractivity contribution is 6.33. The molecular formula is C18H11ClF2N4O3. The highest BCUT2D eigenvalue weighted by Crippen LogP contribution is 2.27. The minimum absolute atomic E-state index is 0.0492. The molecule has 28 heavy (non-hydrogen) atoms. The number of hydrogen-bond donors (Lipinski definition) is 1. The Morgan fingerprint density at radius 2 is 1.71 bits per heavy atom. The summed E-state index contributed by atoms with van der Waals surface area (Å²) in [5, 5.41) is 2.80. The number of amides is 1. The van der Waals surface area contributed by atoms with Crippen molar-refractivity contribution >= 4 is 29.5 Å². The molecule has 2 aromatic heterocycles. The molecule has 0 fully saturated rings. The van der Waals surface area contributed by atoms with E-state index >= 15 is 0 Å². The van der Waals surface area contributed by atoms with Crippen LogP contribution in [0, 0.1) is 18.6 Å². The maximum atomic E-state index is 13.6. The summed E-state index contributed by atoms with van der Waals surface area (Å²) in [6.45, 7) is 1.92. The number of nitrogens with zero attached hydrogens (tertiary/aromatic N) is 3. The Balaban J connectivity index is 0.000000878. The molecule has 0 spiro atoms. The summed E-state index contributed by atoms with van der Waals surface area (Å²) in [4.78, 5) is 39.8. The topological polar surface area (TPSA) is 102 Å². The van der Waals surface area contributed by atoms with E-state index in [1.54, 1.807) is 6.07 Å². The van der Waals surface area contributed by atoms with Crippen LogP contribution < -0.4 is 5.32 Å². The third kappa shape index (κ3) is 5.00. The molecule has 2 heterocycles. The fourth-order valence-electron chi connectivity index (χ4n) is 2.17. The molecule has 10 heteroatoms. The van der Waals surface area contributed by atoms with E-state index in [0.29, 0.717) is 16.3 Å². The highest BCUT2D eigenvalue weighted by Gasteiger charge is 2.18.